The fourth-order valence-corrected chi connectivity index (χ4v) is 5.80. The summed E-state index contributed by atoms with van der Waals surface area (Å²) in [6.45, 7) is 0.558. The largest absolute Gasteiger partial charge is 0.357 e. The van der Waals surface area contributed by atoms with Gasteiger partial charge in [-0.1, -0.05) is 42.5 Å². The van der Waals surface area contributed by atoms with Crippen LogP contribution >= 0.6 is 0 Å². The van der Waals surface area contributed by atoms with Crippen LogP contribution in [0.2, 0.25) is 0 Å². The van der Waals surface area contributed by atoms with Gasteiger partial charge >= 0.3 is 0 Å². The van der Waals surface area contributed by atoms with E-state index in [0.29, 0.717) is 19.4 Å². The molecule has 182 valence electrons. The van der Waals surface area contributed by atoms with Crippen molar-refractivity contribution >= 4 is 17.3 Å². The maximum absolute atomic E-state index is 13.9. The molecule has 2 saturated heterocycles. The Kier molecular flexibility index (Phi) is 5.85. The summed E-state index contributed by atoms with van der Waals surface area (Å²) < 4.78 is 6.74. The Bertz CT molecular complexity index is 1310. The molecule has 2 bridgehead atoms. The van der Waals surface area contributed by atoms with Crippen molar-refractivity contribution in [2.24, 2.45) is 11.0 Å². The molecule has 1 unspecified atom stereocenters. The predicted octanol–water partition coefficient (Wildman–Crippen LogP) is 4.18. The molecule has 2 aromatic heterocycles. The minimum absolute atomic E-state index is 0.00226. The molecule has 0 saturated carbocycles. The van der Waals surface area contributed by atoms with Crippen molar-refractivity contribution in [2.45, 2.75) is 43.9 Å². The lowest BCUT2D eigenvalue weighted by molar-refractivity contribution is -0.155. The molecule has 1 aromatic carbocycles. The highest BCUT2D eigenvalue weighted by molar-refractivity contribution is 6.05. The zero-order valence-electron chi connectivity index (χ0n) is 20.3. The number of nitrogens with zero attached hydrogens (tertiary/aromatic N) is 4. The SMILES string of the molecule is CN(Cc1ccccc1)C(=O)[C@]12CCC3C(c4ccccn4)=NNC(c4ccccn4)=C3[C@@H](CC1)O2. The Morgan fingerprint density at radius 3 is 2.39 bits per heavy atom. The predicted molar refractivity (Wildman–Crippen MR) is 138 cm³/mol. The highest BCUT2D eigenvalue weighted by atomic mass is 16.5. The van der Waals surface area contributed by atoms with Gasteiger partial charge in [0.1, 0.15) is 5.60 Å². The van der Waals surface area contributed by atoms with Crippen molar-refractivity contribution in [3.8, 4) is 0 Å². The summed E-state index contributed by atoms with van der Waals surface area (Å²) >= 11 is 0. The van der Waals surface area contributed by atoms with Crippen LogP contribution in [0.4, 0.5) is 0 Å². The molecule has 6 rings (SSSR count). The van der Waals surface area contributed by atoms with E-state index in [1.807, 2.05) is 78.7 Å². The van der Waals surface area contributed by atoms with E-state index >= 15 is 0 Å². The number of carbonyl (C=O) groups is 1. The molecule has 0 aliphatic carbocycles. The van der Waals surface area contributed by atoms with E-state index in [9.17, 15) is 4.79 Å². The summed E-state index contributed by atoms with van der Waals surface area (Å²) in [5.74, 6) is 0.0503. The number of pyridine rings is 2. The van der Waals surface area contributed by atoms with E-state index in [0.717, 1.165) is 46.8 Å². The molecule has 3 aliphatic heterocycles. The zero-order valence-corrected chi connectivity index (χ0v) is 20.3. The summed E-state index contributed by atoms with van der Waals surface area (Å²) in [6.07, 6.45) is 6.27. The van der Waals surface area contributed by atoms with E-state index in [1.165, 1.54) is 0 Å². The van der Waals surface area contributed by atoms with Crippen molar-refractivity contribution in [1.29, 1.82) is 0 Å². The van der Waals surface area contributed by atoms with Gasteiger partial charge in [0.2, 0.25) is 0 Å². The molecule has 0 radical (unpaired) electrons. The Balaban J connectivity index is 1.36. The van der Waals surface area contributed by atoms with E-state index in [2.05, 4.69) is 15.4 Å². The van der Waals surface area contributed by atoms with Gasteiger partial charge in [-0.25, -0.2) is 0 Å². The maximum atomic E-state index is 13.9. The normalized spacial score (nSPS) is 24.9. The lowest BCUT2D eigenvalue weighted by atomic mass is 9.77. The topological polar surface area (TPSA) is 79.7 Å². The lowest BCUT2D eigenvalue weighted by Crippen LogP contribution is -2.47. The van der Waals surface area contributed by atoms with E-state index < -0.39 is 5.60 Å². The first kappa shape index (κ1) is 22.6. The summed E-state index contributed by atoms with van der Waals surface area (Å²) in [6, 6.07) is 21.8. The van der Waals surface area contributed by atoms with Crippen LogP contribution in [0.1, 0.15) is 42.6 Å². The Hall–Kier alpha value is -3.84. The van der Waals surface area contributed by atoms with Crippen LogP contribution in [0.25, 0.3) is 5.70 Å². The van der Waals surface area contributed by atoms with Crippen molar-refractivity contribution in [3.05, 3.63) is 102 Å². The van der Waals surface area contributed by atoms with Crippen LogP contribution in [0.5, 0.6) is 0 Å². The summed E-state index contributed by atoms with van der Waals surface area (Å²) in [5.41, 5.74) is 8.13. The first-order chi connectivity index (χ1) is 17.6. The standard InChI is InChI=1S/C29H29N5O2/c1-34(19-20-9-3-2-4-10-20)28(35)29-15-13-21-25(24(36-29)14-16-29)27(23-12-6-8-18-31-23)33-32-26(21)22-11-5-7-17-30-22/h2-12,17-18,21,24,33H,13-16,19H2,1H3/t21?,24-,29+/m1/s1. The smallest absolute Gasteiger partial charge is 0.254 e. The zero-order chi connectivity index (χ0) is 24.5. The molecule has 1 amide bonds. The highest BCUT2D eigenvalue weighted by Gasteiger charge is 2.53. The molecule has 36 heavy (non-hydrogen) atoms. The Labute approximate surface area is 210 Å². The molecule has 5 heterocycles. The highest BCUT2D eigenvalue weighted by Crippen LogP contribution is 2.48. The quantitative estimate of drug-likeness (QED) is 0.594. The number of hydrogen-bond donors (Lipinski definition) is 1. The fourth-order valence-electron chi connectivity index (χ4n) is 5.80. The number of hydrogen-bond acceptors (Lipinski definition) is 6. The molecular formula is C29H29N5O2. The molecule has 7 nitrogen and oxygen atoms in total. The third kappa shape index (κ3) is 3.99. The second-order valence-corrected chi connectivity index (χ2v) is 9.75. The van der Waals surface area contributed by atoms with Gasteiger partial charge in [-0.3, -0.25) is 20.2 Å². The molecule has 3 aromatic rings. The number of ether oxygens (including phenoxy) is 1. The third-order valence-corrected chi connectivity index (χ3v) is 7.49. The van der Waals surface area contributed by atoms with Crippen LogP contribution in [-0.2, 0) is 16.1 Å². The first-order valence-electron chi connectivity index (χ1n) is 12.5. The van der Waals surface area contributed by atoms with Crippen LogP contribution in [0.15, 0.2) is 89.8 Å². The number of amides is 1. The van der Waals surface area contributed by atoms with Gasteiger partial charge in [-0.05, 0) is 61.1 Å². The van der Waals surface area contributed by atoms with Crippen LogP contribution in [0.3, 0.4) is 0 Å². The molecule has 0 spiro atoms. The number of fused-ring (bicyclic) bond motifs is 4. The van der Waals surface area contributed by atoms with Crippen LogP contribution < -0.4 is 5.43 Å². The van der Waals surface area contributed by atoms with Gasteiger partial charge < -0.3 is 9.64 Å². The maximum Gasteiger partial charge on any atom is 0.254 e. The minimum Gasteiger partial charge on any atom is -0.357 e. The number of aromatic nitrogens is 2. The number of benzene rings is 1. The van der Waals surface area contributed by atoms with Crippen LogP contribution in [-0.4, -0.2) is 45.2 Å². The summed E-state index contributed by atoms with van der Waals surface area (Å²) in [7, 11) is 1.87. The molecule has 2 fully saturated rings. The van der Waals surface area contributed by atoms with Crippen molar-refractivity contribution in [2.75, 3.05) is 7.05 Å². The fraction of sp³-hybridized carbons (Fsp3) is 0.310. The second kappa shape index (κ2) is 9.32. The second-order valence-electron chi connectivity index (χ2n) is 9.75. The minimum atomic E-state index is -0.830. The van der Waals surface area contributed by atoms with Gasteiger partial charge in [0.05, 0.1) is 28.9 Å². The molecular weight excluding hydrogens is 450 g/mol. The van der Waals surface area contributed by atoms with E-state index in [4.69, 9.17) is 9.84 Å². The van der Waals surface area contributed by atoms with Gasteiger partial charge in [0.25, 0.3) is 5.91 Å². The number of hydrazone groups is 1. The lowest BCUT2D eigenvalue weighted by Gasteiger charge is -2.32. The molecule has 3 atom stereocenters. The average Bonchev–Trinajstić information content (AvgIpc) is 3.29. The van der Waals surface area contributed by atoms with Crippen molar-refractivity contribution in [1.82, 2.24) is 20.3 Å². The van der Waals surface area contributed by atoms with Gasteiger partial charge in [-0.2, -0.15) is 5.10 Å². The molecule has 3 aliphatic rings. The Morgan fingerprint density at radius 2 is 1.67 bits per heavy atom. The van der Waals surface area contributed by atoms with Crippen molar-refractivity contribution < 1.29 is 9.53 Å². The van der Waals surface area contributed by atoms with Gasteiger partial charge in [-0.15, -0.1) is 0 Å². The van der Waals surface area contributed by atoms with Gasteiger partial charge in [0.15, 0.2) is 0 Å². The number of carbonyl (C=O) groups excluding carboxylic acids is 1. The summed E-state index contributed by atoms with van der Waals surface area (Å²) in [4.78, 5) is 24.9. The van der Waals surface area contributed by atoms with Gasteiger partial charge in [0, 0.05) is 31.9 Å². The van der Waals surface area contributed by atoms with Crippen molar-refractivity contribution in [3.63, 3.8) is 0 Å². The summed E-state index contributed by atoms with van der Waals surface area (Å²) in [5, 5.41) is 4.78. The third-order valence-electron chi connectivity index (χ3n) is 7.49. The number of nitrogens with one attached hydrogen (secondary N) is 1. The molecule has 7 heteroatoms. The molecule has 1 N–H and O–H groups in total. The monoisotopic (exact) mass is 479 g/mol. The number of likely N-dealkylation sites (N-methyl/N-ethyl adjacent to an activating group) is 1. The Morgan fingerprint density at radius 1 is 0.972 bits per heavy atom. The van der Waals surface area contributed by atoms with Crippen LogP contribution in [0, 0.1) is 5.92 Å². The number of rotatable bonds is 5. The average molecular weight is 480 g/mol. The van der Waals surface area contributed by atoms with E-state index in [-0.39, 0.29) is 17.9 Å². The van der Waals surface area contributed by atoms with E-state index in [1.54, 1.807) is 12.4 Å². The first-order valence-corrected chi connectivity index (χ1v) is 12.5.